The largest absolute Gasteiger partial charge is 0.463 e. The molecule has 0 aromatic carbocycles. The fraction of sp³-hybridized carbons (Fsp3) is 0.333. The molecule has 0 radical (unpaired) electrons. The molecule has 0 fully saturated rings. The molecule has 10 heteroatoms. The Morgan fingerprint density at radius 2 is 2.28 bits per heavy atom. The van der Waals surface area contributed by atoms with Crippen molar-refractivity contribution in [3.63, 3.8) is 0 Å². The van der Waals surface area contributed by atoms with Gasteiger partial charge in [-0.25, -0.2) is 14.4 Å². The molecule has 3 heterocycles. The molecule has 2 amide bonds. The van der Waals surface area contributed by atoms with Crippen LogP contribution in [0.15, 0.2) is 38.0 Å². The number of carbonyl (C=O) groups excluding carboxylic acids is 2. The molecule has 0 aliphatic carbocycles. The zero-order chi connectivity index (χ0) is 18.0. The molecule has 0 spiro atoms. The van der Waals surface area contributed by atoms with Crippen LogP contribution < -0.4 is 16.4 Å². The molecule has 132 valence electrons. The molecule has 1 aliphatic heterocycles. The van der Waals surface area contributed by atoms with Gasteiger partial charge in [-0.3, -0.25) is 0 Å². The minimum absolute atomic E-state index is 0.111. The summed E-state index contributed by atoms with van der Waals surface area (Å²) in [6.07, 6.45) is 0. The van der Waals surface area contributed by atoms with Crippen LogP contribution >= 0.6 is 11.3 Å². The number of hydrogen-bond donors (Lipinski definition) is 2. The molecule has 9 nitrogen and oxygen atoms in total. The first-order valence-electron chi connectivity index (χ1n) is 7.59. The fourth-order valence-corrected chi connectivity index (χ4v) is 3.10. The minimum Gasteiger partial charge on any atom is -0.463 e. The SMILES string of the molecule is CCOC(=O)C1=C(Cn2nc(-c3cccs3)oc2=O)NC(=O)N[C@H]1C. The molecule has 1 atom stereocenters. The third-order valence-corrected chi connectivity index (χ3v) is 4.37. The number of thiophene rings is 1. The Labute approximate surface area is 146 Å². The normalized spacial score (nSPS) is 17.2. The number of carbonyl (C=O) groups is 2. The second-order valence-corrected chi connectivity index (χ2v) is 6.19. The van der Waals surface area contributed by atoms with Gasteiger partial charge in [0.1, 0.15) is 0 Å². The van der Waals surface area contributed by atoms with E-state index in [0.29, 0.717) is 4.88 Å². The van der Waals surface area contributed by atoms with Crippen molar-refractivity contribution in [2.24, 2.45) is 0 Å². The summed E-state index contributed by atoms with van der Waals surface area (Å²) in [5.74, 6) is -1.06. The quantitative estimate of drug-likeness (QED) is 0.767. The van der Waals surface area contributed by atoms with Crippen molar-refractivity contribution < 1.29 is 18.7 Å². The predicted molar refractivity (Wildman–Crippen MR) is 88.9 cm³/mol. The average molecular weight is 364 g/mol. The molecule has 0 unspecified atom stereocenters. The van der Waals surface area contributed by atoms with E-state index >= 15 is 0 Å². The Morgan fingerprint density at radius 1 is 1.48 bits per heavy atom. The Kier molecular flexibility index (Phi) is 4.70. The predicted octanol–water partition coefficient (Wildman–Crippen LogP) is 1.08. The van der Waals surface area contributed by atoms with Crippen LogP contribution in [0, 0.1) is 0 Å². The molecule has 3 rings (SSSR count). The van der Waals surface area contributed by atoms with Crippen LogP contribution in [0.2, 0.25) is 0 Å². The van der Waals surface area contributed by atoms with Crippen molar-refractivity contribution in [3.8, 4) is 10.8 Å². The van der Waals surface area contributed by atoms with Gasteiger partial charge in [0.2, 0.25) is 0 Å². The van der Waals surface area contributed by atoms with Gasteiger partial charge < -0.3 is 19.8 Å². The molecule has 0 saturated heterocycles. The van der Waals surface area contributed by atoms with Crippen molar-refractivity contribution in [1.29, 1.82) is 0 Å². The molecule has 0 saturated carbocycles. The van der Waals surface area contributed by atoms with Gasteiger partial charge in [0.15, 0.2) is 0 Å². The van der Waals surface area contributed by atoms with Crippen molar-refractivity contribution >= 4 is 23.3 Å². The molecule has 25 heavy (non-hydrogen) atoms. The van der Waals surface area contributed by atoms with Crippen LogP contribution in [0.4, 0.5) is 4.79 Å². The number of allylic oxidation sites excluding steroid dienone is 1. The number of ether oxygens (including phenoxy) is 1. The van der Waals surface area contributed by atoms with Crippen LogP contribution in [-0.2, 0) is 16.1 Å². The maximum Gasteiger partial charge on any atom is 0.437 e. The lowest BCUT2D eigenvalue weighted by molar-refractivity contribution is -0.139. The van der Waals surface area contributed by atoms with Gasteiger partial charge in [-0.1, -0.05) is 6.07 Å². The summed E-state index contributed by atoms with van der Waals surface area (Å²) in [5, 5.41) is 11.1. The van der Waals surface area contributed by atoms with E-state index in [0.717, 1.165) is 4.68 Å². The van der Waals surface area contributed by atoms with E-state index in [1.807, 2.05) is 11.4 Å². The van der Waals surface area contributed by atoms with E-state index in [1.165, 1.54) is 11.3 Å². The standard InChI is InChI=1S/C15H16N4O5S/c1-3-23-13(20)11-8(2)16-14(21)17-9(11)7-19-15(22)24-12(18-19)10-5-4-6-25-10/h4-6,8H,3,7H2,1-2H3,(H2,16,17,21)/t8-/m0/s1. The van der Waals surface area contributed by atoms with Crippen molar-refractivity contribution in [2.45, 2.75) is 26.4 Å². The lowest BCUT2D eigenvalue weighted by Crippen LogP contribution is -2.50. The van der Waals surface area contributed by atoms with Gasteiger partial charge in [-0.2, -0.15) is 4.68 Å². The maximum atomic E-state index is 12.2. The number of aromatic nitrogens is 2. The summed E-state index contributed by atoms with van der Waals surface area (Å²) < 4.78 is 11.2. The highest BCUT2D eigenvalue weighted by Gasteiger charge is 2.30. The van der Waals surface area contributed by atoms with Gasteiger partial charge in [0, 0.05) is 0 Å². The summed E-state index contributed by atoms with van der Waals surface area (Å²) in [7, 11) is 0. The number of nitrogens with one attached hydrogen (secondary N) is 2. The van der Waals surface area contributed by atoms with Gasteiger partial charge in [0.25, 0.3) is 5.89 Å². The fourth-order valence-electron chi connectivity index (χ4n) is 2.46. The lowest BCUT2D eigenvalue weighted by Gasteiger charge is -2.26. The zero-order valence-corrected chi connectivity index (χ0v) is 14.4. The highest BCUT2D eigenvalue weighted by atomic mass is 32.1. The molecule has 2 N–H and O–H groups in total. The molecule has 0 bridgehead atoms. The van der Waals surface area contributed by atoms with Crippen LogP contribution in [0.1, 0.15) is 13.8 Å². The maximum absolute atomic E-state index is 12.2. The molecule has 1 aliphatic rings. The first kappa shape index (κ1) is 17.0. The summed E-state index contributed by atoms with van der Waals surface area (Å²) >= 11 is 1.38. The molecular weight excluding hydrogens is 348 g/mol. The number of rotatable bonds is 5. The highest BCUT2D eigenvalue weighted by Crippen LogP contribution is 2.21. The van der Waals surface area contributed by atoms with E-state index in [2.05, 4.69) is 15.7 Å². The molecular formula is C15H16N4O5S. The highest BCUT2D eigenvalue weighted by molar-refractivity contribution is 7.13. The smallest absolute Gasteiger partial charge is 0.437 e. The van der Waals surface area contributed by atoms with E-state index < -0.39 is 23.8 Å². The second-order valence-electron chi connectivity index (χ2n) is 5.24. The first-order valence-corrected chi connectivity index (χ1v) is 8.47. The number of amides is 2. The Balaban J connectivity index is 1.96. The summed E-state index contributed by atoms with van der Waals surface area (Å²) in [6, 6.07) is 2.57. The number of hydrogen-bond acceptors (Lipinski definition) is 7. The number of urea groups is 1. The Hall–Kier alpha value is -2.88. The first-order chi connectivity index (χ1) is 12.0. The van der Waals surface area contributed by atoms with E-state index in [1.54, 1.807) is 19.9 Å². The van der Waals surface area contributed by atoms with Crippen LogP contribution in [0.5, 0.6) is 0 Å². The summed E-state index contributed by atoms with van der Waals surface area (Å²) in [5.41, 5.74) is 0.497. The van der Waals surface area contributed by atoms with Crippen LogP contribution in [0.25, 0.3) is 10.8 Å². The third-order valence-electron chi connectivity index (χ3n) is 3.51. The lowest BCUT2D eigenvalue weighted by atomic mass is 10.0. The van der Waals surface area contributed by atoms with E-state index in [9.17, 15) is 14.4 Å². The van der Waals surface area contributed by atoms with E-state index in [4.69, 9.17) is 9.15 Å². The summed E-state index contributed by atoms with van der Waals surface area (Å²) in [6.45, 7) is 3.43. The molecule has 2 aromatic rings. The average Bonchev–Trinajstić information content (AvgIpc) is 3.17. The van der Waals surface area contributed by atoms with Gasteiger partial charge in [0.05, 0.1) is 35.3 Å². The Morgan fingerprint density at radius 3 is 2.96 bits per heavy atom. The topological polar surface area (TPSA) is 115 Å². The minimum atomic E-state index is -0.681. The Bertz CT molecular complexity index is 880. The summed E-state index contributed by atoms with van der Waals surface area (Å²) in [4.78, 5) is 36.7. The van der Waals surface area contributed by atoms with E-state index in [-0.39, 0.29) is 30.3 Å². The second kappa shape index (κ2) is 6.93. The van der Waals surface area contributed by atoms with Crippen molar-refractivity contribution in [2.75, 3.05) is 6.61 Å². The van der Waals surface area contributed by atoms with Gasteiger partial charge in [-0.05, 0) is 25.3 Å². The van der Waals surface area contributed by atoms with Crippen LogP contribution in [0.3, 0.4) is 0 Å². The van der Waals surface area contributed by atoms with Crippen LogP contribution in [-0.4, -0.2) is 34.4 Å². The van der Waals surface area contributed by atoms with Gasteiger partial charge in [-0.15, -0.1) is 16.4 Å². The zero-order valence-electron chi connectivity index (χ0n) is 13.6. The molecule has 2 aromatic heterocycles. The number of nitrogens with zero attached hydrogens (tertiary/aromatic N) is 2. The number of esters is 1. The van der Waals surface area contributed by atoms with Crippen molar-refractivity contribution in [1.82, 2.24) is 20.4 Å². The van der Waals surface area contributed by atoms with Gasteiger partial charge >= 0.3 is 17.8 Å². The van der Waals surface area contributed by atoms with Crippen molar-refractivity contribution in [3.05, 3.63) is 39.3 Å². The monoisotopic (exact) mass is 364 g/mol. The third kappa shape index (κ3) is 3.48.